The Bertz CT molecular complexity index is 646. The second kappa shape index (κ2) is 6.85. The molecule has 2 aromatic rings. The number of halogens is 2. The van der Waals surface area contributed by atoms with Crippen LogP contribution in [0.5, 0.6) is 0 Å². The molecule has 2 rings (SSSR count). The topological polar surface area (TPSA) is 49.8 Å². The minimum absolute atomic E-state index is 0.298. The molecule has 0 radical (unpaired) electrons. The number of hydrogen-bond donors (Lipinski definition) is 2. The quantitative estimate of drug-likeness (QED) is 0.827. The van der Waals surface area contributed by atoms with Crippen LogP contribution in [0, 0.1) is 19.7 Å². The molecule has 4 nitrogen and oxygen atoms in total. The Balaban J connectivity index is 2.35. The highest BCUT2D eigenvalue weighted by molar-refractivity contribution is 9.10. The van der Waals surface area contributed by atoms with Crippen molar-refractivity contribution in [3.8, 4) is 0 Å². The van der Waals surface area contributed by atoms with Crippen molar-refractivity contribution in [2.75, 3.05) is 17.2 Å². The molecule has 112 valence electrons. The molecule has 2 N–H and O–H groups in total. The lowest BCUT2D eigenvalue weighted by molar-refractivity contribution is 0.628. The van der Waals surface area contributed by atoms with Gasteiger partial charge in [-0.1, -0.05) is 6.92 Å². The molecule has 0 saturated heterocycles. The van der Waals surface area contributed by atoms with Crippen LogP contribution in [-0.4, -0.2) is 16.5 Å². The van der Waals surface area contributed by atoms with Gasteiger partial charge in [0.1, 0.15) is 23.3 Å². The fourth-order valence-corrected chi connectivity index (χ4v) is 2.23. The van der Waals surface area contributed by atoms with Crippen LogP contribution < -0.4 is 10.6 Å². The molecule has 21 heavy (non-hydrogen) atoms. The first-order valence-electron chi connectivity index (χ1n) is 6.82. The Morgan fingerprint density at radius 2 is 1.90 bits per heavy atom. The zero-order valence-corrected chi connectivity index (χ0v) is 13.9. The van der Waals surface area contributed by atoms with Crippen molar-refractivity contribution in [2.45, 2.75) is 27.2 Å². The van der Waals surface area contributed by atoms with Gasteiger partial charge in [-0.2, -0.15) is 0 Å². The number of nitrogens with one attached hydrogen (secondary N) is 2. The third-order valence-corrected chi connectivity index (χ3v) is 3.67. The molecule has 0 fully saturated rings. The predicted octanol–water partition coefficient (Wildman–Crippen LogP) is 4.56. The van der Waals surface area contributed by atoms with E-state index in [0.29, 0.717) is 17.3 Å². The molecule has 6 heteroatoms. The molecule has 0 bridgehead atoms. The third-order valence-electron chi connectivity index (χ3n) is 2.98. The minimum Gasteiger partial charge on any atom is -0.370 e. The Kier molecular flexibility index (Phi) is 5.12. The fourth-order valence-electron chi connectivity index (χ4n) is 1.89. The first-order valence-corrected chi connectivity index (χ1v) is 7.61. The van der Waals surface area contributed by atoms with Crippen molar-refractivity contribution in [3.63, 3.8) is 0 Å². The Labute approximate surface area is 132 Å². The van der Waals surface area contributed by atoms with E-state index < -0.39 is 0 Å². The van der Waals surface area contributed by atoms with Crippen molar-refractivity contribution in [3.05, 3.63) is 39.9 Å². The van der Waals surface area contributed by atoms with E-state index in [1.54, 1.807) is 6.07 Å². The molecule has 1 aromatic carbocycles. The second-order valence-electron chi connectivity index (χ2n) is 4.77. The Hall–Kier alpha value is -1.69. The number of rotatable bonds is 5. The first kappa shape index (κ1) is 15.7. The number of nitrogens with zero attached hydrogens (tertiary/aromatic N) is 2. The van der Waals surface area contributed by atoms with Crippen LogP contribution in [0.25, 0.3) is 0 Å². The Morgan fingerprint density at radius 3 is 2.62 bits per heavy atom. The molecule has 0 unspecified atom stereocenters. The van der Waals surface area contributed by atoms with Crippen LogP contribution >= 0.6 is 15.9 Å². The van der Waals surface area contributed by atoms with Crippen LogP contribution in [0.4, 0.5) is 21.7 Å². The zero-order chi connectivity index (χ0) is 15.4. The summed E-state index contributed by atoms with van der Waals surface area (Å²) >= 11 is 3.40. The summed E-state index contributed by atoms with van der Waals surface area (Å²) in [5.41, 5.74) is 1.54. The van der Waals surface area contributed by atoms with Gasteiger partial charge in [0.05, 0.1) is 5.69 Å². The van der Waals surface area contributed by atoms with Gasteiger partial charge in [0.15, 0.2) is 0 Å². The minimum atomic E-state index is -0.298. The standard InChI is InChI=1S/C15H18BrFN4/c1-4-7-18-14-9(2)15(20-10(3)19-14)21-13-8-11(17)5-6-12(13)16/h5-6,8H,4,7H2,1-3H3,(H2,18,19,20,21). The van der Waals surface area contributed by atoms with Crippen molar-refractivity contribution in [1.29, 1.82) is 0 Å². The van der Waals surface area contributed by atoms with Crippen LogP contribution in [0.15, 0.2) is 22.7 Å². The highest BCUT2D eigenvalue weighted by atomic mass is 79.9. The maximum absolute atomic E-state index is 13.4. The molecule has 0 amide bonds. The normalized spacial score (nSPS) is 10.5. The van der Waals surface area contributed by atoms with Crippen molar-refractivity contribution < 1.29 is 4.39 Å². The molecule has 0 aliphatic carbocycles. The molecule has 0 saturated carbocycles. The highest BCUT2D eigenvalue weighted by Crippen LogP contribution is 2.29. The van der Waals surface area contributed by atoms with E-state index in [1.165, 1.54) is 12.1 Å². The smallest absolute Gasteiger partial charge is 0.139 e. The van der Waals surface area contributed by atoms with E-state index in [9.17, 15) is 4.39 Å². The lowest BCUT2D eigenvalue weighted by Gasteiger charge is -2.14. The van der Waals surface area contributed by atoms with Gasteiger partial charge in [-0.05, 0) is 54.4 Å². The Morgan fingerprint density at radius 1 is 1.19 bits per heavy atom. The lowest BCUT2D eigenvalue weighted by atomic mass is 10.2. The van der Waals surface area contributed by atoms with E-state index in [1.807, 2.05) is 13.8 Å². The van der Waals surface area contributed by atoms with Gasteiger partial charge in [-0.25, -0.2) is 14.4 Å². The van der Waals surface area contributed by atoms with Crippen LogP contribution in [0.3, 0.4) is 0 Å². The average Bonchev–Trinajstić information content (AvgIpc) is 2.44. The zero-order valence-electron chi connectivity index (χ0n) is 12.3. The monoisotopic (exact) mass is 352 g/mol. The molecule has 1 aromatic heterocycles. The van der Waals surface area contributed by atoms with Crippen molar-refractivity contribution >= 4 is 33.3 Å². The summed E-state index contributed by atoms with van der Waals surface area (Å²) in [6.07, 6.45) is 1.01. The summed E-state index contributed by atoms with van der Waals surface area (Å²) in [6, 6.07) is 4.50. The summed E-state index contributed by atoms with van der Waals surface area (Å²) in [6.45, 7) is 6.72. The molecular weight excluding hydrogens is 335 g/mol. The summed E-state index contributed by atoms with van der Waals surface area (Å²) in [5.74, 6) is 1.84. The molecule has 1 heterocycles. The van der Waals surface area contributed by atoms with Crippen LogP contribution in [0.1, 0.15) is 24.7 Å². The maximum Gasteiger partial charge on any atom is 0.139 e. The molecule has 0 aliphatic heterocycles. The maximum atomic E-state index is 13.4. The van der Waals surface area contributed by atoms with Gasteiger partial charge in [-0.3, -0.25) is 0 Å². The largest absolute Gasteiger partial charge is 0.370 e. The van der Waals surface area contributed by atoms with Gasteiger partial charge < -0.3 is 10.6 Å². The summed E-state index contributed by atoms with van der Waals surface area (Å²) in [7, 11) is 0. The van der Waals surface area contributed by atoms with Crippen molar-refractivity contribution in [1.82, 2.24) is 9.97 Å². The molecule has 0 atom stereocenters. The second-order valence-corrected chi connectivity index (χ2v) is 5.62. The average molecular weight is 353 g/mol. The van der Waals surface area contributed by atoms with Crippen LogP contribution in [0.2, 0.25) is 0 Å². The fraction of sp³-hybridized carbons (Fsp3) is 0.333. The number of anilines is 3. The third kappa shape index (κ3) is 3.91. The van der Waals surface area contributed by atoms with Gasteiger partial charge in [-0.15, -0.1) is 0 Å². The number of aromatic nitrogens is 2. The highest BCUT2D eigenvalue weighted by Gasteiger charge is 2.11. The number of aryl methyl sites for hydroxylation is 1. The van der Waals surface area contributed by atoms with E-state index in [4.69, 9.17) is 0 Å². The van der Waals surface area contributed by atoms with Crippen molar-refractivity contribution in [2.24, 2.45) is 0 Å². The lowest BCUT2D eigenvalue weighted by Crippen LogP contribution is -2.09. The molecular formula is C15H18BrFN4. The summed E-state index contributed by atoms with van der Waals surface area (Å²) in [4.78, 5) is 8.81. The summed E-state index contributed by atoms with van der Waals surface area (Å²) in [5, 5.41) is 6.44. The van der Waals surface area contributed by atoms with E-state index in [-0.39, 0.29) is 5.82 Å². The van der Waals surface area contributed by atoms with E-state index >= 15 is 0 Å². The number of hydrogen-bond acceptors (Lipinski definition) is 4. The number of benzene rings is 1. The van der Waals surface area contributed by atoms with E-state index in [2.05, 4.69) is 43.5 Å². The van der Waals surface area contributed by atoms with Gasteiger partial charge in [0.25, 0.3) is 0 Å². The SMILES string of the molecule is CCCNc1nc(C)nc(Nc2cc(F)ccc2Br)c1C. The predicted molar refractivity (Wildman–Crippen MR) is 87.7 cm³/mol. The van der Waals surface area contributed by atoms with Gasteiger partial charge in [0.2, 0.25) is 0 Å². The molecule has 0 spiro atoms. The first-order chi connectivity index (χ1) is 10.0. The molecule has 0 aliphatic rings. The van der Waals surface area contributed by atoms with Gasteiger partial charge in [0, 0.05) is 16.6 Å². The van der Waals surface area contributed by atoms with E-state index in [0.717, 1.165) is 28.8 Å². The van der Waals surface area contributed by atoms with Gasteiger partial charge >= 0.3 is 0 Å². The summed E-state index contributed by atoms with van der Waals surface area (Å²) < 4.78 is 14.1. The van der Waals surface area contributed by atoms with Crippen LogP contribution in [-0.2, 0) is 0 Å².